The van der Waals surface area contributed by atoms with E-state index in [1.165, 1.54) is 34.9 Å². The van der Waals surface area contributed by atoms with E-state index in [1.807, 2.05) is 17.0 Å². The summed E-state index contributed by atoms with van der Waals surface area (Å²) in [5.74, 6) is 2.71. The monoisotopic (exact) mass is 550 g/mol. The number of rotatable bonds is 6. The molecule has 1 unspecified atom stereocenters. The topological polar surface area (TPSA) is 90.3 Å². The Labute approximate surface area is 240 Å². The number of carbonyl (C=O) groups is 1. The van der Waals surface area contributed by atoms with Crippen molar-refractivity contribution in [2.45, 2.75) is 50.7 Å². The SMILES string of the molecule is COc1cc(C(=O)N2C[C@H]3CC[C@@H]2C3N)cc2nc(-c3cc4cccc(C5=CCNCC5)c4n3CC3CC3)n(C)c12. The Morgan fingerprint density at radius 2 is 2.02 bits per heavy atom. The second-order valence-electron chi connectivity index (χ2n) is 12.5. The summed E-state index contributed by atoms with van der Waals surface area (Å²) in [6, 6.07) is 13.0. The standard InChI is InChI=1S/C33H38N6O2/c1-37-31-25(14-23(16-28(31)41-2)33(40)39-18-22-8-9-26(39)29(22)34)36-32(37)27-15-21-4-3-5-24(20-10-12-35-13-11-20)30(21)38(27)17-19-6-7-19/h3-5,10,14-16,19,22,26,29,35H,6-9,11-13,17-18,34H2,1-2H3/t22-,26-,29?/m1/s1. The van der Waals surface area contributed by atoms with Crippen LogP contribution in [0.2, 0.25) is 0 Å². The highest BCUT2D eigenvalue weighted by Crippen LogP contribution is 2.41. The van der Waals surface area contributed by atoms with E-state index in [0.29, 0.717) is 23.1 Å². The van der Waals surface area contributed by atoms with Gasteiger partial charge in [-0.1, -0.05) is 24.3 Å². The van der Waals surface area contributed by atoms with Crippen molar-refractivity contribution >= 4 is 33.4 Å². The number of amides is 1. The third-order valence-corrected chi connectivity index (χ3v) is 10.0. The number of ether oxygens (including phenoxy) is 1. The van der Waals surface area contributed by atoms with E-state index in [4.69, 9.17) is 15.5 Å². The van der Waals surface area contributed by atoms with Crippen molar-refractivity contribution < 1.29 is 9.53 Å². The molecular weight excluding hydrogens is 512 g/mol. The van der Waals surface area contributed by atoms with Gasteiger partial charge in [-0.05, 0) is 74.3 Å². The molecule has 3 fully saturated rings. The molecule has 212 valence electrons. The molecule has 2 bridgehead atoms. The Morgan fingerprint density at radius 1 is 1.15 bits per heavy atom. The van der Waals surface area contributed by atoms with Gasteiger partial charge in [-0.15, -0.1) is 0 Å². The maximum absolute atomic E-state index is 13.7. The van der Waals surface area contributed by atoms with Gasteiger partial charge >= 0.3 is 0 Å². The number of para-hydroxylation sites is 1. The lowest BCUT2D eigenvalue weighted by atomic mass is 9.98. The van der Waals surface area contributed by atoms with E-state index >= 15 is 0 Å². The van der Waals surface area contributed by atoms with Gasteiger partial charge in [0, 0.05) is 55.3 Å². The third kappa shape index (κ3) is 3.95. The number of hydrogen-bond donors (Lipinski definition) is 2. The Bertz CT molecular complexity index is 1730. The van der Waals surface area contributed by atoms with Gasteiger partial charge in [0.05, 0.1) is 23.8 Å². The summed E-state index contributed by atoms with van der Waals surface area (Å²) in [5.41, 5.74) is 13.9. The predicted molar refractivity (Wildman–Crippen MR) is 162 cm³/mol. The van der Waals surface area contributed by atoms with E-state index in [-0.39, 0.29) is 18.0 Å². The van der Waals surface area contributed by atoms with Crippen LogP contribution >= 0.6 is 0 Å². The van der Waals surface area contributed by atoms with Gasteiger partial charge in [0.25, 0.3) is 5.91 Å². The summed E-state index contributed by atoms with van der Waals surface area (Å²) < 4.78 is 10.5. The molecule has 0 spiro atoms. The van der Waals surface area contributed by atoms with Gasteiger partial charge in [-0.2, -0.15) is 0 Å². The van der Waals surface area contributed by atoms with E-state index in [1.54, 1.807) is 7.11 Å². The van der Waals surface area contributed by atoms with Crippen LogP contribution in [0, 0.1) is 11.8 Å². The molecule has 0 radical (unpaired) electrons. The van der Waals surface area contributed by atoms with Crippen LogP contribution in [0.3, 0.4) is 0 Å². The van der Waals surface area contributed by atoms with Gasteiger partial charge in [-0.3, -0.25) is 4.79 Å². The second-order valence-corrected chi connectivity index (χ2v) is 12.5. The molecule has 1 saturated heterocycles. The smallest absolute Gasteiger partial charge is 0.254 e. The number of piperidine rings is 1. The third-order valence-electron chi connectivity index (χ3n) is 10.0. The first-order chi connectivity index (χ1) is 20.0. The Hall–Kier alpha value is -3.62. The number of aryl methyl sites for hydroxylation is 1. The Morgan fingerprint density at radius 3 is 2.73 bits per heavy atom. The number of hydrogen-bond acceptors (Lipinski definition) is 5. The lowest BCUT2D eigenvalue weighted by Gasteiger charge is -2.27. The Balaban J connectivity index is 1.27. The molecule has 2 aliphatic carbocycles. The average Bonchev–Trinajstić information content (AvgIpc) is 3.39. The summed E-state index contributed by atoms with van der Waals surface area (Å²) in [7, 11) is 3.73. The fraction of sp³-hybridized carbons (Fsp3) is 0.455. The summed E-state index contributed by atoms with van der Waals surface area (Å²) in [5, 5.41) is 4.70. The normalized spacial score (nSPS) is 24.0. The second kappa shape index (κ2) is 9.46. The first-order valence-corrected chi connectivity index (χ1v) is 15.2. The molecule has 1 amide bonds. The van der Waals surface area contributed by atoms with E-state index in [9.17, 15) is 4.79 Å². The summed E-state index contributed by atoms with van der Waals surface area (Å²) in [6.07, 6.45) is 8.03. The lowest BCUT2D eigenvalue weighted by molar-refractivity contribution is 0.0700. The fourth-order valence-electron chi connectivity index (χ4n) is 7.65. The minimum Gasteiger partial charge on any atom is -0.494 e. The number of aromatic nitrogens is 3. The first-order valence-electron chi connectivity index (χ1n) is 15.2. The van der Waals surface area contributed by atoms with Crippen molar-refractivity contribution in [2.75, 3.05) is 26.7 Å². The van der Waals surface area contributed by atoms with E-state index in [0.717, 1.165) is 68.0 Å². The lowest BCUT2D eigenvalue weighted by Crippen LogP contribution is -2.41. The van der Waals surface area contributed by atoms with Crippen LogP contribution in [0.1, 0.15) is 48.0 Å². The zero-order valence-electron chi connectivity index (χ0n) is 23.9. The number of methoxy groups -OCH3 is 1. The van der Waals surface area contributed by atoms with Gasteiger partial charge in [0.1, 0.15) is 11.3 Å². The van der Waals surface area contributed by atoms with E-state index in [2.05, 4.69) is 51.8 Å². The molecule has 8 rings (SSSR count). The van der Waals surface area contributed by atoms with Gasteiger partial charge in [-0.25, -0.2) is 4.98 Å². The van der Waals surface area contributed by atoms with Crippen molar-refractivity contribution in [1.82, 2.24) is 24.3 Å². The molecule has 8 nitrogen and oxygen atoms in total. The van der Waals surface area contributed by atoms with Crippen LogP contribution in [0.15, 0.2) is 42.5 Å². The van der Waals surface area contributed by atoms with Crippen LogP contribution < -0.4 is 15.8 Å². The molecule has 4 aliphatic rings. The first kappa shape index (κ1) is 25.1. The Kier molecular flexibility index (Phi) is 5.80. The molecule has 8 heteroatoms. The number of likely N-dealkylation sites (tertiary alicyclic amines) is 1. The number of fused-ring (bicyclic) bond motifs is 4. The van der Waals surface area contributed by atoms with Crippen LogP contribution in [-0.2, 0) is 13.6 Å². The molecule has 3 N–H and O–H groups in total. The highest BCUT2D eigenvalue weighted by Gasteiger charge is 2.47. The quantitative estimate of drug-likeness (QED) is 0.368. The van der Waals surface area contributed by atoms with Crippen molar-refractivity contribution in [2.24, 2.45) is 24.6 Å². The predicted octanol–water partition coefficient (Wildman–Crippen LogP) is 4.55. The molecule has 2 saturated carbocycles. The zero-order chi connectivity index (χ0) is 27.8. The fourth-order valence-corrected chi connectivity index (χ4v) is 7.65. The largest absolute Gasteiger partial charge is 0.494 e. The van der Waals surface area contributed by atoms with Crippen LogP contribution in [0.25, 0.3) is 39.0 Å². The molecule has 4 aromatic rings. The molecule has 2 aliphatic heterocycles. The summed E-state index contributed by atoms with van der Waals surface area (Å²) in [6.45, 7) is 3.66. The van der Waals surface area contributed by atoms with Gasteiger partial charge in [0.15, 0.2) is 5.82 Å². The van der Waals surface area contributed by atoms with Crippen LogP contribution in [0.4, 0.5) is 0 Å². The molecule has 4 heterocycles. The van der Waals surface area contributed by atoms with Gasteiger partial charge in [0.2, 0.25) is 0 Å². The van der Waals surface area contributed by atoms with Gasteiger partial charge < -0.3 is 29.8 Å². The number of nitrogens with zero attached hydrogens (tertiary/aromatic N) is 4. The highest BCUT2D eigenvalue weighted by molar-refractivity contribution is 6.01. The average molecular weight is 551 g/mol. The summed E-state index contributed by atoms with van der Waals surface area (Å²) >= 11 is 0. The molecule has 41 heavy (non-hydrogen) atoms. The number of carbonyl (C=O) groups excluding carboxylic acids is 1. The minimum atomic E-state index is 0.0304. The van der Waals surface area contributed by atoms with Crippen molar-refractivity contribution in [1.29, 1.82) is 0 Å². The minimum absolute atomic E-state index is 0.0304. The zero-order valence-corrected chi connectivity index (χ0v) is 23.9. The number of imidazole rings is 1. The number of benzene rings is 2. The summed E-state index contributed by atoms with van der Waals surface area (Å²) in [4.78, 5) is 20.9. The van der Waals surface area contributed by atoms with Crippen molar-refractivity contribution in [3.8, 4) is 17.3 Å². The van der Waals surface area contributed by atoms with Crippen molar-refractivity contribution in [3.05, 3.63) is 53.6 Å². The maximum Gasteiger partial charge on any atom is 0.254 e. The van der Waals surface area contributed by atoms with Crippen LogP contribution in [0.5, 0.6) is 5.75 Å². The van der Waals surface area contributed by atoms with E-state index < -0.39 is 0 Å². The van der Waals surface area contributed by atoms with Crippen LogP contribution in [-0.4, -0.2) is 63.8 Å². The maximum atomic E-state index is 13.7. The highest BCUT2D eigenvalue weighted by atomic mass is 16.5. The van der Waals surface area contributed by atoms with Crippen molar-refractivity contribution in [3.63, 3.8) is 0 Å². The molecule has 2 aromatic heterocycles. The molecule has 3 atom stereocenters. The number of nitrogens with one attached hydrogen (secondary N) is 1. The molecule has 2 aromatic carbocycles. The number of nitrogens with two attached hydrogens (primary N) is 1. The molecular formula is C33H38N6O2.